The molecular formula is C26H27FN2O3. The molecule has 5 nitrogen and oxygen atoms in total. The van der Waals surface area contributed by atoms with Crippen molar-refractivity contribution in [1.29, 1.82) is 0 Å². The van der Waals surface area contributed by atoms with Crippen LogP contribution in [0.2, 0.25) is 0 Å². The Labute approximate surface area is 187 Å². The molecule has 1 fully saturated rings. The fraction of sp³-hybridized carbons (Fsp3) is 0.308. The van der Waals surface area contributed by atoms with Gasteiger partial charge in [-0.3, -0.25) is 4.90 Å². The maximum atomic E-state index is 13.7. The van der Waals surface area contributed by atoms with Crippen molar-refractivity contribution in [3.63, 3.8) is 0 Å². The van der Waals surface area contributed by atoms with Gasteiger partial charge in [0.2, 0.25) is 6.79 Å². The molecule has 1 saturated heterocycles. The molecule has 0 bridgehead atoms. The summed E-state index contributed by atoms with van der Waals surface area (Å²) in [5, 5.41) is 0. The summed E-state index contributed by atoms with van der Waals surface area (Å²) in [6, 6.07) is 22.8. The summed E-state index contributed by atoms with van der Waals surface area (Å²) in [5.41, 5.74) is 2.28. The molecule has 2 heterocycles. The maximum Gasteiger partial charge on any atom is 0.231 e. The number of rotatable bonds is 7. The molecule has 3 aromatic rings. The van der Waals surface area contributed by atoms with Crippen molar-refractivity contribution >= 4 is 5.69 Å². The van der Waals surface area contributed by atoms with Gasteiger partial charge in [-0.05, 0) is 42.0 Å². The van der Waals surface area contributed by atoms with Gasteiger partial charge in [0.05, 0.1) is 0 Å². The molecule has 0 aromatic heterocycles. The molecule has 0 N–H and O–H groups in total. The van der Waals surface area contributed by atoms with Crippen LogP contribution in [0, 0.1) is 5.82 Å². The molecule has 2 aliphatic heterocycles. The van der Waals surface area contributed by atoms with Gasteiger partial charge in [0.25, 0.3) is 0 Å². The quantitative estimate of drug-likeness (QED) is 0.529. The topological polar surface area (TPSA) is 34.2 Å². The van der Waals surface area contributed by atoms with Gasteiger partial charge in [-0.1, -0.05) is 30.3 Å². The highest BCUT2D eigenvalue weighted by Crippen LogP contribution is 2.36. The van der Waals surface area contributed by atoms with Crippen LogP contribution in [0.25, 0.3) is 0 Å². The van der Waals surface area contributed by atoms with E-state index in [9.17, 15) is 4.39 Å². The summed E-state index contributed by atoms with van der Waals surface area (Å²) in [6.45, 7) is 5.15. The van der Waals surface area contributed by atoms with Crippen molar-refractivity contribution in [3.8, 4) is 17.2 Å². The zero-order valence-corrected chi connectivity index (χ0v) is 18.0. The van der Waals surface area contributed by atoms with Crippen molar-refractivity contribution in [2.75, 3.05) is 44.4 Å². The predicted molar refractivity (Wildman–Crippen MR) is 122 cm³/mol. The highest BCUT2D eigenvalue weighted by molar-refractivity contribution is 5.47. The van der Waals surface area contributed by atoms with Crippen molar-refractivity contribution in [1.82, 2.24) is 4.90 Å². The summed E-state index contributed by atoms with van der Waals surface area (Å²) in [7, 11) is 0. The Hall–Kier alpha value is -3.25. The summed E-state index contributed by atoms with van der Waals surface area (Å²) in [6.07, 6.45) is 0.583. The molecule has 2 aliphatic rings. The van der Waals surface area contributed by atoms with E-state index < -0.39 is 0 Å². The van der Waals surface area contributed by atoms with E-state index in [0.717, 1.165) is 56.2 Å². The minimum atomic E-state index is -0.302. The third-order valence-corrected chi connectivity index (χ3v) is 6.04. The van der Waals surface area contributed by atoms with Crippen molar-refractivity contribution in [3.05, 3.63) is 84.2 Å². The van der Waals surface area contributed by atoms with Crippen molar-refractivity contribution in [2.24, 2.45) is 0 Å². The molecule has 6 heteroatoms. The molecule has 0 unspecified atom stereocenters. The van der Waals surface area contributed by atoms with Crippen LogP contribution in [0.1, 0.15) is 18.1 Å². The van der Waals surface area contributed by atoms with E-state index in [1.807, 2.05) is 18.2 Å². The van der Waals surface area contributed by atoms with Crippen LogP contribution >= 0.6 is 0 Å². The SMILES string of the molecule is Fc1cccc(O[C@@H](CCN2CCN(c3ccccc3)CC2)c2ccc3c(c2)OCO3)c1. The van der Waals surface area contributed by atoms with Crippen molar-refractivity contribution < 1.29 is 18.6 Å². The Morgan fingerprint density at radius 2 is 1.66 bits per heavy atom. The number of piperazine rings is 1. The fourth-order valence-electron chi connectivity index (χ4n) is 4.28. The third-order valence-electron chi connectivity index (χ3n) is 6.04. The number of nitrogens with zero attached hydrogens (tertiary/aromatic N) is 2. The first-order chi connectivity index (χ1) is 15.7. The number of anilines is 1. The molecule has 0 spiro atoms. The van der Waals surface area contributed by atoms with E-state index >= 15 is 0 Å². The molecule has 32 heavy (non-hydrogen) atoms. The van der Waals surface area contributed by atoms with Crippen LogP contribution in [-0.4, -0.2) is 44.4 Å². The average Bonchev–Trinajstić information content (AvgIpc) is 3.31. The normalized spacial score (nSPS) is 16.7. The lowest BCUT2D eigenvalue weighted by atomic mass is 10.0. The second-order valence-electron chi connectivity index (χ2n) is 8.13. The summed E-state index contributed by atoms with van der Waals surface area (Å²) in [5.74, 6) is 1.70. The molecule has 1 atom stereocenters. The first kappa shape index (κ1) is 20.6. The second-order valence-corrected chi connectivity index (χ2v) is 8.13. The van der Waals surface area contributed by atoms with E-state index in [4.69, 9.17) is 14.2 Å². The lowest BCUT2D eigenvalue weighted by molar-refractivity contribution is 0.159. The van der Waals surface area contributed by atoms with E-state index in [-0.39, 0.29) is 18.7 Å². The van der Waals surface area contributed by atoms with Crippen LogP contribution in [0.4, 0.5) is 10.1 Å². The predicted octanol–water partition coefficient (Wildman–Crippen LogP) is 4.89. The highest BCUT2D eigenvalue weighted by Gasteiger charge is 2.22. The van der Waals surface area contributed by atoms with Gasteiger partial charge >= 0.3 is 0 Å². The number of hydrogen-bond acceptors (Lipinski definition) is 5. The van der Waals surface area contributed by atoms with E-state index in [1.165, 1.54) is 17.8 Å². The molecule has 0 aliphatic carbocycles. The standard InChI is InChI=1S/C26H27FN2O3/c27-21-5-4-8-23(18-21)32-24(20-9-10-25-26(17-20)31-19-30-25)11-12-28-13-15-29(16-14-28)22-6-2-1-3-7-22/h1-10,17-18,24H,11-16,19H2/t24-/m0/s1. The molecule has 5 rings (SSSR count). The molecule has 0 saturated carbocycles. The largest absolute Gasteiger partial charge is 0.486 e. The van der Waals surface area contributed by atoms with Crippen LogP contribution in [0.3, 0.4) is 0 Å². The Morgan fingerprint density at radius 3 is 2.47 bits per heavy atom. The number of ether oxygens (including phenoxy) is 3. The maximum absolute atomic E-state index is 13.7. The summed E-state index contributed by atoms with van der Waals surface area (Å²) < 4.78 is 31.0. The zero-order chi connectivity index (χ0) is 21.8. The number of hydrogen-bond donors (Lipinski definition) is 0. The average molecular weight is 435 g/mol. The van der Waals surface area contributed by atoms with Gasteiger partial charge in [-0.2, -0.15) is 0 Å². The van der Waals surface area contributed by atoms with E-state index in [1.54, 1.807) is 12.1 Å². The molecule has 0 amide bonds. The van der Waals surface area contributed by atoms with Gasteiger partial charge in [0, 0.05) is 50.9 Å². The Kier molecular flexibility index (Phi) is 6.12. The first-order valence-electron chi connectivity index (χ1n) is 11.1. The van der Waals surface area contributed by atoms with Gasteiger partial charge in [-0.25, -0.2) is 4.39 Å². The van der Waals surface area contributed by atoms with Gasteiger partial charge < -0.3 is 19.1 Å². The van der Waals surface area contributed by atoms with Crippen LogP contribution in [0.5, 0.6) is 17.2 Å². The third kappa shape index (κ3) is 4.81. The van der Waals surface area contributed by atoms with Crippen molar-refractivity contribution in [2.45, 2.75) is 12.5 Å². The fourth-order valence-corrected chi connectivity index (χ4v) is 4.28. The number of fused-ring (bicyclic) bond motifs is 1. The number of halogens is 1. The molecule has 0 radical (unpaired) electrons. The van der Waals surface area contributed by atoms with Crippen LogP contribution in [-0.2, 0) is 0 Å². The van der Waals surface area contributed by atoms with Gasteiger partial charge in [-0.15, -0.1) is 0 Å². The Balaban J connectivity index is 1.25. The summed E-state index contributed by atoms with van der Waals surface area (Å²) >= 11 is 0. The smallest absolute Gasteiger partial charge is 0.231 e. The molecule has 166 valence electrons. The van der Waals surface area contributed by atoms with E-state index in [0.29, 0.717) is 5.75 Å². The van der Waals surface area contributed by atoms with Gasteiger partial charge in [0.1, 0.15) is 17.7 Å². The first-order valence-corrected chi connectivity index (χ1v) is 11.1. The Morgan fingerprint density at radius 1 is 0.844 bits per heavy atom. The summed E-state index contributed by atoms with van der Waals surface area (Å²) in [4.78, 5) is 4.89. The minimum Gasteiger partial charge on any atom is -0.486 e. The van der Waals surface area contributed by atoms with Gasteiger partial charge in [0.15, 0.2) is 11.5 Å². The monoisotopic (exact) mass is 434 g/mol. The second kappa shape index (κ2) is 9.49. The Bertz CT molecular complexity index is 1040. The minimum absolute atomic E-state index is 0.210. The lowest BCUT2D eigenvalue weighted by Gasteiger charge is -2.36. The van der Waals surface area contributed by atoms with Crippen LogP contribution < -0.4 is 19.1 Å². The molecular weight excluding hydrogens is 407 g/mol. The number of benzene rings is 3. The lowest BCUT2D eigenvalue weighted by Crippen LogP contribution is -2.46. The molecule has 3 aromatic carbocycles. The highest BCUT2D eigenvalue weighted by atomic mass is 19.1. The number of para-hydroxylation sites is 1. The zero-order valence-electron chi connectivity index (χ0n) is 18.0. The van der Waals surface area contributed by atoms with Crippen LogP contribution in [0.15, 0.2) is 72.8 Å². The van der Waals surface area contributed by atoms with E-state index in [2.05, 4.69) is 40.1 Å².